The number of nitrogens with one attached hydrogen (secondary N) is 1. The summed E-state index contributed by atoms with van der Waals surface area (Å²) in [5.41, 5.74) is 1.90. The summed E-state index contributed by atoms with van der Waals surface area (Å²) in [5.74, 6) is -0.0250. The summed E-state index contributed by atoms with van der Waals surface area (Å²) in [6, 6.07) is 17.5. The number of amides is 1. The average molecular weight is 303 g/mol. The van der Waals surface area contributed by atoms with Crippen molar-refractivity contribution in [3.05, 3.63) is 65.2 Å². The van der Waals surface area contributed by atoms with Crippen molar-refractivity contribution in [3.8, 4) is 0 Å². The smallest absolute Gasteiger partial charge is 0.225 e. The second-order valence-electron chi connectivity index (χ2n) is 5.00. The number of hydrogen-bond donors (Lipinski definition) is 1. The molecule has 3 nitrogen and oxygen atoms in total. The monoisotopic (exact) mass is 302 g/mol. The molecule has 0 unspecified atom stereocenters. The topological polar surface area (TPSA) is 32.3 Å². The van der Waals surface area contributed by atoms with Crippen molar-refractivity contribution in [2.75, 3.05) is 18.9 Å². The lowest BCUT2D eigenvalue weighted by Crippen LogP contribution is -2.24. The van der Waals surface area contributed by atoms with Gasteiger partial charge >= 0.3 is 0 Å². The van der Waals surface area contributed by atoms with Crippen molar-refractivity contribution >= 4 is 23.2 Å². The summed E-state index contributed by atoms with van der Waals surface area (Å²) in [6.07, 6.45) is 0.439. The molecular weight excluding hydrogens is 284 g/mol. The Morgan fingerprint density at radius 1 is 1.10 bits per heavy atom. The molecule has 2 rings (SSSR count). The van der Waals surface area contributed by atoms with E-state index < -0.39 is 0 Å². The Bertz CT molecular complexity index is 586. The highest BCUT2D eigenvalue weighted by atomic mass is 35.5. The molecule has 0 aromatic heterocycles. The largest absolute Gasteiger partial charge is 0.325 e. The molecule has 2 aromatic carbocycles. The molecule has 0 heterocycles. The van der Waals surface area contributed by atoms with E-state index in [0.29, 0.717) is 23.7 Å². The summed E-state index contributed by atoms with van der Waals surface area (Å²) in [6.45, 7) is 1.53. The minimum atomic E-state index is -0.0250. The summed E-state index contributed by atoms with van der Waals surface area (Å²) in [7, 11) is 2.01. The van der Waals surface area contributed by atoms with E-state index in [0.717, 1.165) is 6.54 Å². The van der Waals surface area contributed by atoms with Crippen molar-refractivity contribution in [2.45, 2.75) is 13.0 Å². The van der Waals surface area contributed by atoms with Crippen molar-refractivity contribution in [2.24, 2.45) is 0 Å². The predicted octanol–water partition coefficient (Wildman–Crippen LogP) is 3.80. The van der Waals surface area contributed by atoms with Gasteiger partial charge < -0.3 is 10.2 Å². The Hall–Kier alpha value is -1.84. The van der Waals surface area contributed by atoms with Crippen LogP contribution in [-0.2, 0) is 11.3 Å². The van der Waals surface area contributed by atoms with Crippen LogP contribution in [0.4, 0.5) is 5.69 Å². The molecule has 0 aliphatic carbocycles. The molecular formula is C17H19ClN2O. The highest BCUT2D eigenvalue weighted by molar-refractivity contribution is 6.33. The van der Waals surface area contributed by atoms with Gasteiger partial charge in [0.2, 0.25) is 5.91 Å². The molecule has 110 valence electrons. The molecule has 0 spiro atoms. The number of benzene rings is 2. The Kier molecular flexibility index (Phi) is 5.78. The summed E-state index contributed by atoms with van der Waals surface area (Å²) in [5, 5.41) is 3.39. The first kappa shape index (κ1) is 15.5. The third kappa shape index (κ3) is 5.21. The number of anilines is 1. The van der Waals surface area contributed by atoms with Gasteiger partial charge in [0.05, 0.1) is 10.7 Å². The first-order chi connectivity index (χ1) is 10.1. The van der Waals surface area contributed by atoms with Gasteiger partial charge in [-0.25, -0.2) is 0 Å². The van der Waals surface area contributed by atoms with Crippen LogP contribution in [0.3, 0.4) is 0 Å². The zero-order valence-electron chi connectivity index (χ0n) is 12.1. The molecule has 0 radical (unpaired) electrons. The maximum atomic E-state index is 11.9. The highest BCUT2D eigenvalue weighted by Gasteiger charge is 2.07. The van der Waals surface area contributed by atoms with Crippen molar-refractivity contribution < 1.29 is 4.79 Å². The van der Waals surface area contributed by atoms with Gasteiger partial charge in [0, 0.05) is 19.5 Å². The molecule has 0 atom stereocenters. The van der Waals surface area contributed by atoms with Crippen LogP contribution in [0.25, 0.3) is 0 Å². The zero-order valence-corrected chi connectivity index (χ0v) is 12.8. The number of nitrogens with zero attached hydrogens (tertiary/aromatic N) is 1. The molecule has 21 heavy (non-hydrogen) atoms. The lowest BCUT2D eigenvalue weighted by Gasteiger charge is -2.16. The first-order valence-corrected chi connectivity index (χ1v) is 7.30. The SMILES string of the molecule is CN(CCC(=O)Nc1ccccc1Cl)Cc1ccccc1. The fraction of sp³-hybridized carbons (Fsp3) is 0.235. The Morgan fingerprint density at radius 3 is 2.48 bits per heavy atom. The second kappa shape index (κ2) is 7.81. The van der Waals surface area contributed by atoms with E-state index in [2.05, 4.69) is 22.3 Å². The number of para-hydroxylation sites is 1. The normalized spacial score (nSPS) is 10.6. The van der Waals surface area contributed by atoms with E-state index in [1.165, 1.54) is 5.56 Å². The van der Waals surface area contributed by atoms with Crippen LogP contribution >= 0.6 is 11.6 Å². The maximum absolute atomic E-state index is 11.9. The van der Waals surface area contributed by atoms with Crippen molar-refractivity contribution in [3.63, 3.8) is 0 Å². The molecule has 0 bridgehead atoms. The standard InChI is InChI=1S/C17H19ClN2O/c1-20(13-14-7-3-2-4-8-14)12-11-17(21)19-16-10-6-5-9-15(16)18/h2-10H,11-13H2,1H3,(H,19,21). The van der Waals surface area contributed by atoms with Gasteiger partial charge in [0.15, 0.2) is 0 Å². The average Bonchev–Trinajstić information content (AvgIpc) is 2.49. The number of rotatable bonds is 6. The molecule has 1 N–H and O–H groups in total. The van der Waals surface area contributed by atoms with E-state index >= 15 is 0 Å². The highest BCUT2D eigenvalue weighted by Crippen LogP contribution is 2.20. The lowest BCUT2D eigenvalue weighted by atomic mass is 10.2. The summed E-state index contributed by atoms with van der Waals surface area (Å²) in [4.78, 5) is 14.1. The minimum absolute atomic E-state index is 0.0250. The fourth-order valence-electron chi connectivity index (χ4n) is 2.04. The fourth-order valence-corrected chi connectivity index (χ4v) is 2.22. The van der Waals surface area contributed by atoms with Crippen LogP contribution in [0.5, 0.6) is 0 Å². The first-order valence-electron chi connectivity index (χ1n) is 6.92. The quantitative estimate of drug-likeness (QED) is 0.880. The molecule has 0 saturated carbocycles. The van der Waals surface area contributed by atoms with Gasteiger partial charge in [-0.3, -0.25) is 4.79 Å². The van der Waals surface area contributed by atoms with E-state index in [-0.39, 0.29) is 5.91 Å². The van der Waals surface area contributed by atoms with Crippen LogP contribution in [0.2, 0.25) is 5.02 Å². The molecule has 4 heteroatoms. The maximum Gasteiger partial charge on any atom is 0.225 e. The van der Waals surface area contributed by atoms with Gasteiger partial charge in [-0.2, -0.15) is 0 Å². The van der Waals surface area contributed by atoms with Crippen LogP contribution in [0.15, 0.2) is 54.6 Å². The molecule has 0 aliphatic heterocycles. The second-order valence-corrected chi connectivity index (χ2v) is 5.41. The summed E-state index contributed by atoms with van der Waals surface area (Å²) < 4.78 is 0. The van der Waals surface area contributed by atoms with E-state index in [4.69, 9.17) is 11.6 Å². The molecule has 1 amide bonds. The van der Waals surface area contributed by atoms with Crippen LogP contribution in [0.1, 0.15) is 12.0 Å². The van der Waals surface area contributed by atoms with Gasteiger partial charge in [0.25, 0.3) is 0 Å². The Labute approximate surface area is 130 Å². The molecule has 0 saturated heterocycles. The summed E-state index contributed by atoms with van der Waals surface area (Å²) >= 11 is 6.01. The molecule has 0 fully saturated rings. The Morgan fingerprint density at radius 2 is 1.76 bits per heavy atom. The third-order valence-electron chi connectivity index (χ3n) is 3.16. The van der Waals surface area contributed by atoms with Gasteiger partial charge in [-0.05, 0) is 24.7 Å². The number of carbonyl (C=O) groups excluding carboxylic acids is 1. The van der Waals surface area contributed by atoms with Gasteiger partial charge in [-0.1, -0.05) is 54.1 Å². The van der Waals surface area contributed by atoms with Crippen LogP contribution in [0, 0.1) is 0 Å². The third-order valence-corrected chi connectivity index (χ3v) is 3.49. The minimum Gasteiger partial charge on any atom is -0.325 e. The van der Waals surface area contributed by atoms with Crippen LogP contribution in [-0.4, -0.2) is 24.4 Å². The molecule has 0 aliphatic rings. The van der Waals surface area contributed by atoms with Gasteiger partial charge in [-0.15, -0.1) is 0 Å². The number of hydrogen-bond acceptors (Lipinski definition) is 2. The predicted molar refractivity (Wildman–Crippen MR) is 87.5 cm³/mol. The molecule has 2 aromatic rings. The van der Waals surface area contributed by atoms with Crippen molar-refractivity contribution in [1.82, 2.24) is 4.90 Å². The van der Waals surface area contributed by atoms with E-state index in [1.54, 1.807) is 12.1 Å². The zero-order chi connectivity index (χ0) is 15.1. The van der Waals surface area contributed by atoms with E-state index in [1.807, 2.05) is 37.4 Å². The Balaban J connectivity index is 1.77. The van der Waals surface area contributed by atoms with Crippen LogP contribution < -0.4 is 5.32 Å². The van der Waals surface area contributed by atoms with Gasteiger partial charge in [0.1, 0.15) is 0 Å². The number of halogens is 1. The van der Waals surface area contributed by atoms with E-state index in [9.17, 15) is 4.79 Å². The number of carbonyl (C=O) groups is 1. The lowest BCUT2D eigenvalue weighted by molar-refractivity contribution is -0.116. The van der Waals surface area contributed by atoms with Crippen molar-refractivity contribution in [1.29, 1.82) is 0 Å².